The molecule has 0 radical (unpaired) electrons. The summed E-state index contributed by atoms with van der Waals surface area (Å²) in [6, 6.07) is 66.3. The number of rotatable bonds is 4. The number of hydrogen-bond donors (Lipinski definition) is 0. The third-order valence-corrected chi connectivity index (χ3v) is 9.88. The molecular formula is C46H30N2. The van der Waals surface area contributed by atoms with E-state index >= 15 is 0 Å². The van der Waals surface area contributed by atoms with Crippen LogP contribution in [0.4, 0.5) is 0 Å². The molecule has 8 aromatic carbocycles. The molecule has 0 atom stereocenters. The van der Waals surface area contributed by atoms with Crippen molar-refractivity contribution in [3.8, 4) is 33.6 Å². The molecular weight excluding hydrogens is 581 g/mol. The number of fused-ring (bicyclic) bond motifs is 7. The van der Waals surface area contributed by atoms with Crippen LogP contribution in [0.25, 0.3) is 88.0 Å². The largest absolute Gasteiger partial charge is 0.309 e. The molecule has 0 unspecified atom stereocenters. The van der Waals surface area contributed by atoms with E-state index in [1.807, 2.05) is 0 Å². The molecule has 10 aromatic rings. The zero-order valence-electron chi connectivity index (χ0n) is 26.2. The molecule has 10 rings (SSSR count). The molecule has 0 saturated carbocycles. The lowest BCUT2D eigenvalue weighted by Crippen LogP contribution is -1.94. The van der Waals surface area contributed by atoms with Crippen LogP contribution in [0.15, 0.2) is 182 Å². The summed E-state index contributed by atoms with van der Waals surface area (Å²) in [7, 11) is 0. The molecule has 0 aliphatic heterocycles. The Morgan fingerprint density at radius 3 is 1.42 bits per heavy atom. The summed E-state index contributed by atoms with van der Waals surface area (Å²) >= 11 is 0. The molecule has 0 spiro atoms. The molecule has 0 aliphatic rings. The van der Waals surface area contributed by atoms with Crippen molar-refractivity contribution in [1.82, 2.24) is 9.13 Å². The highest BCUT2D eigenvalue weighted by molar-refractivity contribution is 6.12. The molecule has 2 heteroatoms. The van der Waals surface area contributed by atoms with Crippen LogP contribution in [0.3, 0.4) is 0 Å². The number of nitrogens with zero attached hydrogens (tertiary/aromatic N) is 2. The highest BCUT2D eigenvalue weighted by Crippen LogP contribution is 2.38. The van der Waals surface area contributed by atoms with Gasteiger partial charge in [0.25, 0.3) is 0 Å². The van der Waals surface area contributed by atoms with E-state index in [2.05, 4.69) is 191 Å². The van der Waals surface area contributed by atoms with E-state index in [1.54, 1.807) is 0 Å². The Labute approximate surface area is 278 Å². The summed E-state index contributed by atoms with van der Waals surface area (Å²) in [4.78, 5) is 0. The van der Waals surface area contributed by atoms with E-state index in [9.17, 15) is 0 Å². The second kappa shape index (κ2) is 10.6. The smallest absolute Gasteiger partial charge is 0.0541 e. The van der Waals surface area contributed by atoms with Crippen LogP contribution in [-0.4, -0.2) is 9.13 Å². The van der Waals surface area contributed by atoms with Crippen molar-refractivity contribution >= 4 is 54.4 Å². The highest BCUT2D eigenvalue weighted by Gasteiger charge is 2.16. The second-order valence-electron chi connectivity index (χ2n) is 12.6. The van der Waals surface area contributed by atoms with E-state index in [0.717, 1.165) is 5.69 Å². The standard InChI is InChI=1S/C46H30N2/c1-2-14-37(15-3-1)47-43-19-8-6-17-39(43)41-29-35(23-25-45(41)47)36-24-26-46-42(30-36)40-18-7-9-20-44(40)48(46)38-16-10-13-33(28-38)34-22-21-31-11-4-5-12-32(31)27-34/h1-30H. The Balaban J connectivity index is 1.13. The maximum atomic E-state index is 2.41. The third kappa shape index (κ3) is 4.13. The van der Waals surface area contributed by atoms with Gasteiger partial charge < -0.3 is 9.13 Å². The molecule has 2 heterocycles. The fourth-order valence-corrected chi connectivity index (χ4v) is 7.63. The van der Waals surface area contributed by atoms with E-state index in [1.165, 1.54) is 82.3 Å². The van der Waals surface area contributed by atoms with Crippen LogP contribution < -0.4 is 0 Å². The zero-order chi connectivity index (χ0) is 31.6. The first-order valence-electron chi connectivity index (χ1n) is 16.5. The normalized spacial score (nSPS) is 11.8. The highest BCUT2D eigenvalue weighted by atomic mass is 15.0. The number of aromatic nitrogens is 2. The van der Waals surface area contributed by atoms with Crippen molar-refractivity contribution in [1.29, 1.82) is 0 Å². The lowest BCUT2D eigenvalue weighted by Gasteiger charge is -2.11. The first-order chi connectivity index (χ1) is 23.8. The molecule has 2 nitrogen and oxygen atoms in total. The minimum absolute atomic E-state index is 1.16. The van der Waals surface area contributed by atoms with Crippen LogP contribution in [0.1, 0.15) is 0 Å². The van der Waals surface area contributed by atoms with Gasteiger partial charge in [-0.15, -0.1) is 0 Å². The second-order valence-corrected chi connectivity index (χ2v) is 12.6. The van der Waals surface area contributed by atoms with Gasteiger partial charge in [-0.1, -0.05) is 115 Å². The van der Waals surface area contributed by atoms with E-state index in [0.29, 0.717) is 0 Å². The van der Waals surface area contributed by atoms with Gasteiger partial charge in [-0.25, -0.2) is 0 Å². The van der Waals surface area contributed by atoms with Gasteiger partial charge in [-0.2, -0.15) is 0 Å². The van der Waals surface area contributed by atoms with Crippen molar-refractivity contribution in [2.24, 2.45) is 0 Å². The maximum Gasteiger partial charge on any atom is 0.0541 e. The molecule has 0 bridgehead atoms. The summed E-state index contributed by atoms with van der Waals surface area (Å²) in [5.74, 6) is 0. The van der Waals surface area contributed by atoms with Crippen molar-refractivity contribution < 1.29 is 0 Å². The van der Waals surface area contributed by atoms with Gasteiger partial charge in [0.15, 0.2) is 0 Å². The molecule has 0 saturated heterocycles. The van der Waals surface area contributed by atoms with Crippen molar-refractivity contribution in [2.45, 2.75) is 0 Å². The molecule has 0 amide bonds. The van der Waals surface area contributed by atoms with Gasteiger partial charge in [0, 0.05) is 32.9 Å². The monoisotopic (exact) mass is 610 g/mol. The summed E-state index contributed by atoms with van der Waals surface area (Å²) in [6.45, 7) is 0. The van der Waals surface area contributed by atoms with E-state index in [4.69, 9.17) is 0 Å². The van der Waals surface area contributed by atoms with Gasteiger partial charge in [-0.05, 0) is 99.8 Å². The topological polar surface area (TPSA) is 9.86 Å². The van der Waals surface area contributed by atoms with Crippen LogP contribution >= 0.6 is 0 Å². The molecule has 0 aliphatic carbocycles. The summed E-state index contributed by atoms with van der Waals surface area (Å²) in [6.07, 6.45) is 0. The predicted molar refractivity (Wildman–Crippen MR) is 203 cm³/mol. The van der Waals surface area contributed by atoms with Crippen molar-refractivity contribution in [2.75, 3.05) is 0 Å². The summed E-state index contributed by atoms with van der Waals surface area (Å²) < 4.78 is 4.78. The SMILES string of the molecule is c1ccc(-n2c3ccccc3c3cc(-c4ccc5c(c4)c4ccccc4n5-c4cccc(-c5ccc6ccccc6c5)c4)ccc32)cc1. The van der Waals surface area contributed by atoms with Gasteiger partial charge in [0.05, 0.1) is 22.1 Å². The van der Waals surface area contributed by atoms with Gasteiger partial charge >= 0.3 is 0 Å². The third-order valence-electron chi connectivity index (χ3n) is 9.88. The first-order valence-corrected chi connectivity index (χ1v) is 16.5. The fraction of sp³-hybridized carbons (Fsp3) is 0. The Kier molecular flexibility index (Phi) is 5.91. The molecule has 2 aromatic heterocycles. The van der Waals surface area contributed by atoms with Crippen LogP contribution in [0, 0.1) is 0 Å². The summed E-state index contributed by atoms with van der Waals surface area (Å²) in [5, 5.41) is 7.56. The summed E-state index contributed by atoms with van der Waals surface area (Å²) in [5.41, 5.74) is 12.1. The molecule has 0 fully saturated rings. The van der Waals surface area contributed by atoms with Crippen molar-refractivity contribution in [3.63, 3.8) is 0 Å². The minimum Gasteiger partial charge on any atom is -0.309 e. The first kappa shape index (κ1) is 26.8. The Hall–Kier alpha value is -6.38. The Morgan fingerprint density at radius 2 is 0.729 bits per heavy atom. The predicted octanol–water partition coefficient (Wildman–Crippen LogP) is 12.4. The lowest BCUT2D eigenvalue weighted by atomic mass is 10.0. The number of benzene rings is 8. The lowest BCUT2D eigenvalue weighted by molar-refractivity contribution is 1.18. The molecule has 48 heavy (non-hydrogen) atoms. The molecule has 0 N–H and O–H groups in total. The van der Waals surface area contributed by atoms with E-state index in [-0.39, 0.29) is 0 Å². The van der Waals surface area contributed by atoms with Gasteiger partial charge in [0.1, 0.15) is 0 Å². The Bertz CT molecular complexity index is 2830. The average molecular weight is 611 g/mol. The Morgan fingerprint density at radius 1 is 0.250 bits per heavy atom. The van der Waals surface area contributed by atoms with E-state index < -0.39 is 0 Å². The van der Waals surface area contributed by atoms with Crippen molar-refractivity contribution in [3.05, 3.63) is 182 Å². The molecule has 224 valence electrons. The minimum atomic E-state index is 1.16. The van der Waals surface area contributed by atoms with Crippen LogP contribution in [-0.2, 0) is 0 Å². The van der Waals surface area contributed by atoms with Gasteiger partial charge in [0.2, 0.25) is 0 Å². The zero-order valence-corrected chi connectivity index (χ0v) is 26.2. The maximum absolute atomic E-state index is 2.41. The number of para-hydroxylation sites is 3. The van der Waals surface area contributed by atoms with Crippen LogP contribution in [0.2, 0.25) is 0 Å². The number of hydrogen-bond acceptors (Lipinski definition) is 0. The van der Waals surface area contributed by atoms with Crippen LogP contribution in [0.5, 0.6) is 0 Å². The fourth-order valence-electron chi connectivity index (χ4n) is 7.63. The quantitative estimate of drug-likeness (QED) is 0.188. The van der Waals surface area contributed by atoms with Gasteiger partial charge in [-0.3, -0.25) is 0 Å². The average Bonchev–Trinajstić information content (AvgIpc) is 3.67.